The summed E-state index contributed by atoms with van der Waals surface area (Å²) in [7, 11) is 0. The SMILES string of the molecule is CSc1cccc(NC(=O)c2ccc([N+](=O)[O-])c(Cl)c2)c1. The molecular weight excluding hydrogens is 312 g/mol. The summed E-state index contributed by atoms with van der Waals surface area (Å²) < 4.78 is 0. The van der Waals surface area contributed by atoms with Crippen molar-refractivity contribution in [3.8, 4) is 0 Å². The number of amides is 1. The van der Waals surface area contributed by atoms with Crippen molar-refractivity contribution in [1.82, 2.24) is 0 Å². The minimum Gasteiger partial charge on any atom is -0.322 e. The molecule has 0 aliphatic heterocycles. The van der Waals surface area contributed by atoms with Gasteiger partial charge in [0.25, 0.3) is 11.6 Å². The van der Waals surface area contributed by atoms with Gasteiger partial charge in [0.15, 0.2) is 0 Å². The predicted octanol–water partition coefficient (Wildman–Crippen LogP) is 4.22. The summed E-state index contributed by atoms with van der Waals surface area (Å²) in [5, 5.41) is 13.3. The number of thioether (sulfide) groups is 1. The molecule has 0 bridgehead atoms. The quantitative estimate of drug-likeness (QED) is 0.519. The van der Waals surface area contributed by atoms with E-state index in [0.717, 1.165) is 4.90 Å². The summed E-state index contributed by atoms with van der Waals surface area (Å²) in [6.45, 7) is 0. The average molecular weight is 323 g/mol. The second kappa shape index (κ2) is 6.60. The van der Waals surface area contributed by atoms with Crippen LogP contribution in [0.4, 0.5) is 11.4 Å². The van der Waals surface area contributed by atoms with Crippen molar-refractivity contribution < 1.29 is 9.72 Å². The van der Waals surface area contributed by atoms with Crippen LogP contribution in [0.15, 0.2) is 47.4 Å². The molecule has 2 aromatic rings. The third-order valence-corrected chi connectivity index (χ3v) is 3.76. The fraction of sp³-hybridized carbons (Fsp3) is 0.0714. The zero-order valence-corrected chi connectivity index (χ0v) is 12.6. The first-order valence-electron chi connectivity index (χ1n) is 5.90. The maximum Gasteiger partial charge on any atom is 0.287 e. The summed E-state index contributed by atoms with van der Waals surface area (Å²) >= 11 is 7.36. The molecule has 2 rings (SSSR count). The van der Waals surface area contributed by atoms with E-state index in [1.807, 2.05) is 24.5 Å². The first-order valence-corrected chi connectivity index (χ1v) is 7.51. The zero-order valence-electron chi connectivity index (χ0n) is 11.0. The minimum absolute atomic E-state index is 0.0643. The Bertz CT molecular complexity index is 706. The van der Waals surface area contributed by atoms with E-state index < -0.39 is 4.92 Å². The Morgan fingerprint density at radius 3 is 2.67 bits per heavy atom. The molecule has 0 saturated carbocycles. The molecule has 0 aliphatic rings. The zero-order chi connectivity index (χ0) is 15.4. The number of carbonyl (C=O) groups is 1. The monoisotopic (exact) mass is 322 g/mol. The van der Waals surface area contributed by atoms with Gasteiger partial charge in [-0.1, -0.05) is 17.7 Å². The van der Waals surface area contributed by atoms with E-state index >= 15 is 0 Å². The van der Waals surface area contributed by atoms with Crippen molar-refractivity contribution in [3.05, 3.63) is 63.2 Å². The molecule has 0 radical (unpaired) electrons. The number of hydrogen-bond acceptors (Lipinski definition) is 4. The lowest BCUT2D eigenvalue weighted by Crippen LogP contribution is -2.12. The Morgan fingerprint density at radius 1 is 1.29 bits per heavy atom. The summed E-state index contributed by atoms with van der Waals surface area (Å²) in [6.07, 6.45) is 1.94. The standard InChI is InChI=1S/C14H11ClN2O3S/c1-21-11-4-2-3-10(8-11)16-14(18)9-5-6-13(17(19)20)12(15)7-9/h2-8H,1H3,(H,16,18). The van der Waals surface area contributed by atoms with E-state index in [9.17, 15) is 14.9 Å². The first-order chi connectivity index (χ1) is 10.0. The lowest BCUT2D eigenvalue weighted by molar-refractivity contribution is -0.384. The van der Waals surface area contributed by atoms with Gasteiger partial charge >= 0.3 is 0 Å². The van der Waals surface area contributed by atoms with Crippen LogP contribution in [0, 0.1) is 10.1 Å². The summed E-state index contributed by atoms with van der Waals surface area (Å²) in [5.41, 5.74) is 0.694. The summed E-state index contributed by atoms with van der Waals surface area (Å²) in [5.74, 6) is -0.370. The molecule has 0 aliphatic carbocycles. The van der Waals surface area contributed by atoms with Crippen LogP contribution < -0.4 is 5.32 Å². The number of nitro groups is 1. The maximum absolute atomic E-state index is 12.1. The van der Waals surface area contributed by atoms with E-state index in [2.05, 4.69) is 5.32 Å². The highest BCUT2D eigenvalue weighted by Gasteiger charge is 2.15. The van der Waals surface area contributed by atoms with E-state index in [0.29, 0.717) is 5.69 Å². The summed E-state index contributed by atoms with van der Waals surface area (Å²) in [6, 6.07) is 11.3. The second-order valence-electron chi connectivity index (χ2n) is 4.11. The van der Waals surface area contributed by atoms with Crippen LogP contribution in [0.5, 0.6) is 0 Å². The number of halogens is 1. The van der Waals surface area contributed by atoms with Gasteiger partial charge in [-0.25, -0.2) is 0 Å². The molecule has 1 N–H and O–H groups in total. The van der Waals surface area contributed by atoms with E-state index in [1.54, 1.807) is 17.8 Å². The lowest BCUT2D eigenvalue weighted by Gasteiger charge is -2.07. The number of nitro benzene ring substituents is 1. The van der Waals surface area contributed by atoms with Crippen LogP contribution >= 0.6 is 23.4 Å². The van der Waals surface area contributed by atoms with Gasteiger partial charge in [-0.2, -0.15) is 0 Å². The van der Waals surface area contributed by atoms with Gasteiger partial charge in [0.2, 0.25) is 0 Å². The van der Waals surface area contributed by atoms with Gasteiger partial charge in [-0.3, -0.25) is 14.9 Å². The normalized spacial score (nSPS) is 10.2. The topological polar surface area (TPSA) is 72.2 Å². The lowest BCUT2D eigenvalue weighted by atomic mass is 10.2. The first kappa shape index (κ1) is 15.3. The number of hydrogen-bond donors (Lipinski definition) is 1. The number of nitrogens with zero attached hydrogens (tertiary/aromatic N) is 1. The van der Waals surface area contributed by atoms with Crippen LogP contribution in [0.1, 0.15) is 10.4 Å². The van der Waals surface area contributed by atoms with Crippen molar-refractivity contribution >= 4 is 40.6 Å². The van der Waals surface area contributed by atoms with Crippen molar-refractivity contribution in [2.75, 3.05) is 11.6 Å². The molecule has 2 aromatic carbocycles. The van der Waals surface area contributed by atoms with Crippen molar-refractivity contribution in [1.29, 1.82) is 0 Å². The highest BCUT2D eigenvalue weighted by molar-refractivity contribution is 7.98. The van der Waals surface area contributed by atoms with Gasteiger partial charge in [-0.15, -0.1) is 11.8 Å². The number of benzene rings is 2. The molecule has 108 valence electrons. The summed E-state index contributed by atoms with van der Waals surface area (Å²) in [4.78, 5) is 23.2. The molecule has 0 atom stereocenters. The van der Waals surface area contributed by atoms with Crippen LogP contribution in [0.2, 0.25) is 5.02 Å². The molecule has 1 amide bonds. The highest BCUT2D eigenvalue weighted by Crippen LogP contribution is 2.25. The Kier molecular flexibility index (Phi) is 4.82. The predicted molar refractivity (Wildman–Crippen MR) is 84.3 cm³/mol. The molecular formula is C14H11ClN2O3S. The largest absolute Gasteiger partial charge is 0.322 e. The molecule has 0 aromatic heterocycles. The highest BCUT2D eigenvalue weighted by atomic mass is 35.5. The second-order valence-corrected chi connectivity index (χ2v) is 5.40. The third kappa shape index (κ3) is 3.74. The van der Waals surface area contributed by atoms with Gasteiger partial charge < -0.3 is 5.32 Å². The van der Waals surface area contributed by atoms with Gasteiger partial charge in [0.1, 0.15) is 5.02 Å². The maximum atomic E-state index is 12.1. The van der Waals surface area contributed by atoms with E-state index in [1.165, 1.54) is 18.2 Å². The fourth-order valence-corrected chi connectivity index (χ4v) is 2.41. The van der Waals surface area contributed by atoms with Crippen molar-refractivity contribution in [3.63, 3.8) is 0 Å². The van der Waals surface area contributed by atoms with Crippen LogP contribution in [0.3, 0.4) is 0 Å². The Labute approximate surface area is 130 Å². The van der Waals surface area contributed by atoms with Gasteiger partial charge in [0, 0.05) is 22.2 Å². The van der Waals surface area contributed by atoms with Crippen molar-refractivity contribution in [2.24, 2.45) is 0 Å². The number of carbonyl (C=O) groups excluding carboxylic acids is 1. The van der Waals surface area contributed by atoms with Crippen LogP contribution in [-0.2, 0) is 0 Å². The molecule has 0 saturated heterocycles. The van der Waals surface area contributed by atoms with Crippen molar-refractivity contribution in [2.45, 2.75) is 4.90 Å². The van der Waals surface area contributed by atoms with Gasteiger partial charge in [-0.05, 0) is 36.6 Å². The molecule has 5 nitrogen and oxygen atoms in total. The number of anilines is 1. The minimum atomic E-state index is -0.591. The molecule has 0 heterocycles. The smallest absolute Gasteiger partial charge is 0.287 e. The molecule has 0 fully saturated rings. The number of rotatable bonds is 4. The fourth-order valence-electron chi connectivity index (χ4n) is 1.70. The third-order valence-electron chi connectivity index (χ3n) is 2.73. The van der Waals surface area contributed by atoms with Crippen LogP contribution in [0.25, 0.3) is 0 Å². The van der Waals surface area contributed by atoms with Crippen LogP contribution in [-0.4, -0.2) is 17.1 Å². The average Bonchev–Trinajstić information content (AvgIpc) is 2.46. The van der Waals surface area contributed by atoms with E-state index in [4.69, 9.17) is 11.6 Å². The molecule has 7 heteroatoms. The Hall–Kier alpha value is -2.05. The molecule has 21 heavy (non-hydrogen) atoms. The molecule has 0 spiro atoms. The number of nitrogens with one attached hydrogen (secondary N) is 1. The Morgan fingerprint density at radius 2 is 2.05 bits per heavy atom. The van der Waals surface area contributed by atoms with E-state index in [-0.39, 0.29) is 22.2 Å². The molecule has 0 unspecified atom stereocenters. The Balaban J connectivity index is 2.20. The van der Waals surface area contributed by atoms with Gasteiger partial charge in [0.05, 0.1) is 4.92 Å².